The molecule has 0 aliphatic carbocycles. The molecule has 39 heavy (non-hydrogen) atoms. The fourth-order valence-electron chi connectivity index (χ4n) is 4.05. The van der Waals surface area contributed by atoms with Gasteiger partial charge in [0.1, 0.15) is 6.61 Å². The third kappa shape index (κ3) is 12.6. The van der Waals surface area contributed by atoms with Crippen molar-refractivity contribution in [1.29, 1.82) is 0 Å². The van der Waals surface area contributed by atoms with Gasteiger partial charge in [-0.05, 0) is 36.8 Å². The fraction of sp³-hybridized carbons (Fsp3) is 0.433. The Labute approximate surface area is 230 Å². The Kier molecular flexibility index (Phi) is 15.0. The first-order valence-corrected chi connectivity index (χ1v) is 13.4. The number of alkyl carbamates (subject to hydrolysis) is 1. The van der Waals surface area contributed by atoms with Crippen molar-refractivity contribution in [3.05, 3.63) is 84.4 Å². The number of hydrogen-bond donors (Lipinski definition) is 4. The highest BCUT2D eigenvalue weighted by Crippen LogP contribution is 2.15. The molecule has 2 aromatic carbocycles. The third-order valence-electron chi connectivity index (χ3n) is 6.21. The van der Waals surface area contributed by atoms with E-state index in [1.54, 1.807) is 11.0 Å². The van der Waals surface area contributed by atoms with Gasteiger partial charge in [-0.1, -0.05) is 66.7 Å². The molecule has 0 fully saturated rings. The van der Waals surface area contributed by atoms with Crippen molar-refractivity contribution in [2.24, 2.45) is 5.92 Å². The Morgan fingerprint density at radius 1 is 0.974 bits per heavy atom. The first-order valence-electron chi connectivity index (χ1n) is 13.4. The van der Waals surface area contributed by atoms with Gasteiger partial charge in [0.25, 0.3) is 0 Å². The van der Waals surface area contributed by atoms with Gasteiger partial charge in [0.05, 0.1) is 25.2 Å². The van der Waals surface area contributed by atoms with Crippen LogP contribution in [0.3, 0.4) is 0 Å². The van der Waals surface area contributed by atoms with Gasteiger partial charge in [-0.2, -0.15) is 0 Å². The number of aliphatic hydroxyl groups is 2. The van der Waals surface area contributed by atoms with Gasteiger partial charge >= 0.3 is 6.09 Å². The maximum Gasteiger partial charge on any atom is 0.407 e. The van der Waals surface area contributed by atoms with Crippen LogP contribution in [0.5, 0.6) is 0 Å². The number of benzene rings is 2. The standard InChI is InChI=1S/C30H41N3O6/c1-2-11-26(20-28(36)33(18-19-34)21-24-12-5-3-6-13-24)29(37)32-27(22-35)16-9-10-17-31-30(38)39-23-25-14-7-4-8-15-25/h2-8,12-15,26-27,34-35H,1,9-11,16-23H2,(H,31,38)(H,32,37). The number of nitrogens with one attached hydrogen (secondary N) is 2. The maximum absolute atomic E-state index is 13.0. The lowest BCUT2D eigenvalue weighted by Crippen LogP contribution is -2.43. The third-order valence-corrected chi connectivity index (χ3v) is 6.21. The number of hydrogen-bond acceptors (Lipinski definition) is 6. The largest absolute Gasteiger partial charge is 0.445 e. The second-order valence-corrected chi connectivity index (χ2v) is 9.32. The number of aliphatic hydroxyl groups excluding tert-OH is 2. The van der Waals surface area contributed by atoms with Crippen molar-refractivity contribution in [1.82, 2.24) is 15.5 Å². The molecule has 2 unspecified atom stereocenters. The van der Waals surface area contributed by atoms with Crippen LogP contribution < -0.4 is 10.6 Å². The number of ether oxygens (including phenoxy) is 1. The minimum atomic E-state index is -0.637. The molecule has 0 aliphatic rings. The molecule has 0 radical (unpaired) electrons. The monoisotopic (exact) mass is 539 g/mol. The summed E-state index contributed by atoms with van der Waals surface area (Å²) in [6, 6.07) is 18.4. The van der Waals surface area contributed by atoms with E-state index in [1.807, 2.05) is 60.7 Å². The second kappa shape index (κ2) is 18.5. The first kappa shape index (κ1) is 31.5. The van der Waals surface area contributed by atoms with Crippen molar-refractivity contribution in [3.8, 4) is 0 Å². The van der Waals surface area contributed by atoms with Crippen LogP contribution in [0.1, 0.15) is 43.2 Å². The van der Waals surface area contributed by atoms with Crippen LogP contribution in [0.25, 0.3) is 0 Å². The zero-order valence-electron chi connectivity index (χ0n) is 22.5. The summed E-state index contributed by atoms with van der Waals surface area (Å²) in [7, 11) is 0. The van der Waals surface area contributed by atoms with Crippen molar-refractivity contribution in [2.45, 2.75) is 51.3 Å². The smallest absolute Gasteiger partial charge is 0.407 e. The number of carbonyl (C=O) groups is 3. The van der Waals surface area contributed by atoms with Crippen LogP contribution in [0, 0.1) is 5.92 Å². The molecular weight excluding hydrogens is 498 g/mol. The summed E-state index contributed by atoms with van der Waals surface area (Å²) in [5.41, 5.74) is 1.84. The van der Waals surface area contributed by atoms with Crippen LogP contribution in [0.15, 0.2) is 73.3 Å². The number of amides is 3. The van der Waals surface area contributed by atoms with Gasteiger partial charge in [0, 0.05) is 26.1 Å². The number of allylic oxidation sites excluding steroid dienone is 1. The molecule has 212 valence electrons. The zero-order chi connectivity index (χ0) is 28.3. The van der Waals surface area contributed by atoms with Crippen molar-refractivity contribution in [3.63, 3.8) is 0 Å². The molecule has 9 heteroatoms. The summed E-state index contributed by atoms with van der Waals surface area (Å²) in [6.07, 6.45) is 3.21. The number of carbonyl (C=O) groups excluding carboxylic acids is 3. The van der Waals surface area contributed by atoms with Crippen molar-refractivity contribution < 1.29 is 29.3 Å². The quantitative estimate of drug-likeness (QED) is 0.170. The van der Waals surface area contributed by atoms with E-state index in [0.717, 1.165) is 11.1 Å². The van der Waals surface area contributed by atoms with Gasteiger partial charge < -0.3 is 30.5 Å². The summed E-state index contributed by atoms with van der Waals surface area (Å²) >= 11 is 0. The van der Waals surface area contributed by atoms with Gasteiger partial charge in [-0.25, -0.2) is 4.79 Å². The summed E-state index contributed by atoms with van der Waals surface area (Å²) in [4.78, 5) is 39.4. The Morgan fingerprint density at radius 2 is 1.64 bits per heavy atom. The van der Waals surface area contributed by atoms with Gasteiger partial charge in [0.15, 0.2) is 0 Å². The molecule has 2 aromatic rings. The number of nitrogens with zero attached hydrogens (tertiary/aromatic N) is 1. The van der Waals surface area contributed by atoms with Gasteiger partial charge in [-0.3, -0.25) is 9.59 Å². The lowest BCUT2D eigenvalue weighted by Gasteiger charge is -2.25. The minimum absolute atomic E-state index is 0.0299. The van der Waals surface area contributed by atoms with E-state index < -0.39 is 18.1 Å². The minimum Gasteiger partial charge on any atom is -0.445 e. The Bertz CT molecular complexity index is 1000. The van der Waals surface area contributed by atoms with E-state index >= 15 is 0 Å². The molecule has 3 amide bonds. The predicted molar refractivity (Wildman–Crippen MR) is 149 cm³/mol. The molecular formula is C30H41N3O6. The van der Waals surface area contributed by atoms with Crippen LogP contribution in [-0.2, 0) is 27.5 Å². The molecule has 0 aromatic heterocycles. The van der Waals surface area contributed by atoms with E-state index in [9.17, 15) is 24.6 Å². The molecule has 0 spiro atoms. The Morgan fingerprint density at radius 3 is 2.26 bits per heavy atom. The lowest BCUT2D eigenvalue weighted by atomic mass is 9.98. The molecule has 0 saturated carbocycles. The predicted octanol–water partition coefficient (Wildman–Crippen LogP) is 3.16. The SMILES string of the molecule is C=CCC(CC(=O)N(CCO)Cc1ccccc1)C(=O)NC(CO)CCCCNC(=O)OCc1ccccc1. The van der Waals surface area contributed by atoms with Gasteiger partial charge in [-0.15, -0.1) is 6.58 Å². The summed E-state index contributed by atoms with van der Waals surface area (Å²) < 4.78 is 5.18. The molecule has 0 saturated heterocycles. The van der Waals surface area contributed by atoms with E-state index in [-0.39, 0.29) is 44.6 Å². The van der Waals surface area contributed by atoms with Crippen LogP contribution in [-0.4, -0.2) is 65.4 Å². The van der Waals surface area contributed by atoms with E-state index in [1.165, 1.54) is 0 Å². The average Bonchev–Trinajstić information content (AvgIpc) is 2.95. The highest BCUT2D eigenvalue weighted by molar-refractivity contribution is 5.86. The maximum atomic E-state index is 13.0. The van der Waals surface area contributed by atoms with Gasteiger partial charge in [0.2, 0.25) is 11.8 Å². The van der Waals surface area contributed by atoms with Crippen molar-refractivity contribution in [2.75, 3.05) is 26.3 Å². The molecule has 2 rings (SSSR count). The van der Waals surface area contributed by atoms with Crippen molar-refractivity contribution >= 4 is 17.9 Å². The molecule has 2 atom stereocenters. The molecule has 0 heterocycles. The topological polar surface area (TPSA) is 128 Å². The number of rotatable bonds is 18. The normalized spacial score (nSPS) is 12.2. The second-order valence-electron chi connectivity index (χ2n) is 9.32. The Hall–Kier alpha value is -3.69. The molecule has 0 bridgehead atoms. The zero-order valence-corrected chi connectivity index (χ0v) is 22.5. The van der Waals surface area contributed by atoms with E-state index in [4.69, 9.17) is 4.74 Å². The lowest BCUT2D eigenvalue weighted by molar-refractivity contribution is -0.137. The number of unbranched alkanes of at least 4 members (excludes halogenated alkanes) is 1. The highest BCUT2D eigenvalue weighted by atomic mass is 16.5. The summed E-state index contributed by atoms with van der Waals surface area (Å²) in [5.74, 6) is -1.20. The summed E-state index contributed by atoms with van der Waals surface area (Å²) in [6.45, 7) is 4.42. The fourth-order valence-corrected chi connectivity index (χ4v) is 4.05. The van der Waals surface area contributed by atoms with Crippen LogP contribution >= 0.6 is 0 Å². The highest BCUT2D eigenvalue weighted by Gasteiger charge is 2.25. The molecule has 4 N–H and O–H groups in total. The van der Waals surface area contributed by atoms with Crippen LogP contribution in [0.2, 0.25) is 0 Å². The molecule has 0 aliphatic heterocycles. The van der Waals surface area contributed by atoms with E-state index in [2.05, 4.69) is 17.2 Å². The summed E-state index contributed by atoms with van der Waals surface area (Å²) in [5, 5.41) is 24.8. The first-order chi connectivity index (χ1) is 19.0. The van der Waals surface area contributed by atoms with Crippen LogP contribution in [0.4, 0.5) is 4.79 Å². The average molecular weight is 540 g/mol. The Balaban J connectivity index is 1.76. The molecule has 9 nitrogen and oxygen atoms in total. The van der Waals surface area contributed by atoms with E-state index in [0.29, 0.717) is 38.8 Å².